The van der Waals surface area contributed by atoms with Crippen LogP contribution in [0.1, 0.15) is 90.9 Å². The van der Waals surface area contributed by atoms with Crippen molar-refractivity contribution in [2.75, 3.05) is 19.6 Å². The molecule has 1 saturated heterocycles. The molecule has 4 nitrogen and oxygen atoms in total. The summed E-state index contributed by atoms with van der Waals surface area (Å²) in [7, 11) is 0. The van der Waals surface area contributed by atoms with Gasteiger partial charge in [-0.05, 0) is 38.3 Å². The van der Waals surface area contributed by atoms with Gasteiger partial charge in [-0.25, -0.2) is 0 Å². The first-order valence-electron chi connectivity index (χ1n) is 11.1. The molecule has 0 spiro atoms. The van der Waals surface area contributed by atoms with E-state index in [-0.39, 0.29) is 11.5 Å². The Morgan fingerprint density at radius 3 is 2.30 bits per heavy atom. The smallest absolute Gasteiger partial charge is 0.261 e. The van der Waals surface area contributed by atoms with E-state index in [9.17, 15) is 10.1 Å². The van der Waals surface area contributed by atoms with Crippen LogP contribution in [0.2, 0.25) is 0 Å². The number of hydrogen-bond acceptors (Lipinski definition) is 3. The molecule has 0 aromatic carbocycles. The van der Waals surface area contributed by atoms with E-state index in [2.05, 4.69) is 24.1 Å². The molecule has 4 heteroatoms. The molecule has 1 rings (SSSR count). The topological polar surface area (TPSA) is 56.1 Å². The third kappa shape index (κ3) is 10.2. The lowest BCUT2D eigenvalue weighted by atomic mass is 10.1. The third-order valence-electron chi connectivity index (χ3n) is 5.27. The third-order valence-corrected chi connectivity index (χ3v) is 5.27. The predicted molar refractivity (Wildman–Crippen MR) is 113 cm³/mol. The molecule has 1 N–H and O–H groups in total. The molecule has 1 heterocycles. The largest absolute Gasteiger partial charge is 0.375 e. The highest BCUT2D eigenvalue weighted by Gasteiger charge is 2.14. The predicted octanol–water partition coefficient (Wildman–Crippen LogP) is 5.47. The zero-order valence-corrected chi connectivity index (χ0v) is 17.6. The number of nitrogens with zero attached hydrogens (tertiary/aromatic N) is 2. The molecular weight excluding hydrogens is 334 g/mol. The highest BCUT2D eigenvalue weighted by Crippen LogP contribution is 2.20. The summed E-state index contributed by atoms with van der Waals surface area (Å²) in [6.45, 7) is 7.09. The van der Waals surface area contributed by atoms with Crippen LogP contribution < -0.4 is 5.32 Å². The van der Waals surface area contributed by atoms with Crippen LogP contribution >= 0.6 is 0 Å². The van der Waals surface area contributed by atoms with Crippen LogP contribution in [0.4, 0.5) is 0 Å². The molecule has 1 aliphatic rings. The minimum Gasteiger partial charge on any atom is -0.375 e. The summed E-state index contributed by atoms with van der Waals surface area (Å²) in [5, 5.41) is 12.1. The average molecular weight is 374 g/mol. The number of amides is 1. The quantitative estimate of drug-likeness (QED) is 0.249. The lowest BCUT2D eigenvalue weighted by Crippen LogP contribution is -2.25. The maximum Gasteiger partial charge on any atom is 0.261 e. The van der Waals surface area contributed by atoms with E-state index in [1.807, 2.05) is 12.1 Å². The molecular formula is C23H39N3O. The Morgan fingerprint density at radius 1 is 1.07 bits per heavy atom. The Bertz CT molecular complexity index is 516. The number of carbonyl (C=O) groups is 1. The van der Waals surface area contributed by atoms with Gasteiger partial charge in [-0.1, -0.05) is 64.7 Å². The van der Waals surface area contributed by atoms with Crippen LogP contribution in [-0.2, 0) is 4.79 Å². The van der Waals surface area contributed by atoms with Crippen LogP contribution in [0.25, 0.3) is 0 Å². The highest BCUT2D eigenvalue weighted by molar-refractivity contribution is 5.97. The maximum absolute atomic E-state index is 12.1. The normalized spacial score (nSPS) is 16.0. The Balaban J connectivity index is 2.15. The zero-order chi connectivity index (χ0) is 19.7. The van der Waals surface area contributed by atoms with Crippen molar-refractivity contribution in [2.24, 2.45) is 0 Å². The van der Waals surface area contributed by atoms with Crippen molar-refractivity contribution in [1.82, 2.24) is 10.2 Å². The number of carbonyl (C=O) groups excluding carboxylic acids is 1. The molecule has 0 aromatic rings. The Morgan fingerprint density at radius 2 is 1.70 bits per heavy atom. The Labute approximate surface area is 166 Å². The van der Waals surface area contributed by atoms with Gasteiger partial charge in [-0.2, -0.15) is 5.26 Å². The van der Waals surface area contributed by atoms with E-state index in [4.69, 9.17) is 0 Å². The van der Waals surface area contributed by atoms with E-state index in [0.717, 1.165) is 38.8 Å². The van der Waals surface area contributed by atoms with Crippen LogP contribution in [0, 0.1) is 11.3 Å². The van der Waals surface area contributed by atoms with E-state index in [1.165, 1.54) is 57.1 Å². The van der Waals surface area contributed by atoms with Gasteiger partial charge >= 0.3 is 0 Å². The second-order valence-corrected chi connectivity index (χ2v) is 7.47. The first kappa shape index (κ1) is 23.3. The fourth-order valence-electron chi connectivity index (χ4n) is 3.56. The second-order valence-electron chi connectivity index (χ2n) is 7.47. The molecule has 27 heavy (non-hydrogen) atoms. The fraction of sp³-hybridized carbons (Fsp3) is 0.739. The number of likely N-dealkylation sites (tertiary alicyclic amines) is 1. The van der Waals surface area contributed by atoms with Crippen molar-refractivity contribution in [3.63, 3.8) is 0 Å². The van der Waals surface area contributed by atoms with E-state index < -0.39 is 0 Å². The molecule has 1 amide bonds. The van der Waals surface area contributed by atoms with Gasteiger partial charge in [0.05, 0.1) is 0 Å². The van der Waals surface area contributed by atoms with Crippen molar-refractivity contribution in [3.05, 3.63) is 23.4 Å². The van der Waals surface area contributed by atoms with E-state index >= 15 is 0 Å². The molecule has 1 fully saturated rings. The van der Waals surface area contributed by atoms with Crippen molar-refractivity contribution in [1.29, 1.82) is 5.26 Å². The number of nitrogens with one attached hydrogen (secondary N) is 1. The maximum atomic E-state index is 12.1. The molecule has 0 unspecified atom stereocenters. The zero-order valence-electron chi connectivity index (χ0n) is 17.6. The standard InChI is InChI=1S/C23H39N3O/c1-3-5-6-7-8-9-10-11-12-13-18-25-23(27)21(20-24)16-17-22-15-14-19-26(22)4-2/h16-17H,3-15,18-19H2,1-2H3,(H,25,27). The summed E-state index contributed by atoms with van der Waals surface area (Å²) in [6, 6.07) is 2.03. The monoisotopic (exact) mass is 373 g/mol. The summed E-state index contributed by atoms with van der Waals surface area (Å²) in [6.07, 6.45) is 18.6. The van der Waals surface area contributed by atoms with Gasteiger partial charge in [0.25, 0.3) is 5.91 Å². The first-order chi connectivity index (χ1) is 13.2. The van der Waals surface area contributed by atoms with Gasteiger partial charge < -0.3 is 10.2 Å². The molecule has 0 aromatic heterocycles. The SMILES string of the molecule is CCCCCCCCCCCCNC(=O)C(C#N)=CC=C1CCCN1CC. The van der Waals surface area contributed by atoms with Crippen LogP contribution in [0.5, 0.6) is 0 Å². The van der Waals surface area contributed by atoms with Gasteiger partial charge in [-0.3, -0.25) is 4.79 Å². The number of hydrogen-bond donors (Lipinski definition) is 1. The van der Waals surface area contributed by atoms with Gasteiger partial charge in [0.1, 0.15) is 11.6 Å². The van der Waals surface area contributed by atoms with Crippen LogP contribution in [0.15, 0.2) is 23.4 Å². The lowest BCUT2D eigenvalue weighted by molar-refractivity contribution is -0.117. The number of allylic oxidation sites excluding steroid dienone is 3. The van der Waals surface area contributed by atoms with Crippen LogP contribution in [-0.4, -0.2) is 30.4 Å². The first-order valence-corrected chi connectivity index (χ1v) is 11.1. The van der Waals surface area contributed by atoms with Crippen molar-refractivity contribution in [3.8, 4) is 6.07 Å². The Hall–Kier alpha value is -1.76. The lowest BCUT2D eigenvalue weighted by Gasteiger charge is -2.16. The summed E-state index contributed by atoms with van der Waals surface area (Å²) >= 11 is 0. The number of nitriles is 1. The summed E-state index contributed by atoms with van der Waals surface area (Å²) < 4.78 is 0. The van der Waals surface area contributed by atoms with Gasteiger partial charge in [0.15, 0.2) is 0 Å². The number of rotatable bonds is 14. The van der Waals surface area contributed by atoms with E-state index in [1.54, 1.807) is 6.08 Å². The molecule has 0 radical (unpaired) electrons. The summed E-state index contributed by atoms with van der Waals surface area (Å²) in [5.74, 6) is -0.244. The second kappa shape index (κ2) is 15.3. The molecule has 0 bridgehead atoms. The molecule has 1 aliphatic heterocycles. The van der Waals surface area contributed by atoms with Gasteiger partial charge in [-0.15, -0.1) is 0 Å². The fourth-order valence-corrected chi connectivity index (χ4v) is 3.56. The van der Waals surface area contributed by atoms with Crippen LogP contribution in [0.3, 0.4) is 0 Å². The van der Waals surface area contributed by atoms with Crippen molar-refractivity contribution >= 4 is 5.91 Å². The molecule has 0 saturated carbocycles. The van der Waals surface area contributed by atoms with E-state index in [0.29, 0.717) is 6.54 Å². The minimum absolute atomic E-state index is 0.206. The summed E-state index contributed by atoms with van der Waals surface area (Å²) in [4.78, 5) is 14.4. The van der Waals surface area contributed by atoms with Crippen molar-refractivity contribution < 1.29 is 4.79 Å². The number of unbranched alkanes of at least 4 members (excludes halogenated alkanes) is 9. The molecule has 0 aliphatic carbocycles. The van der Waals surface area contributed by atoms with Gasteiger partial charge in [0.2, 0.25) is 0 Å². The minimum atomic E-state index is -0.244. The summed E-state index contributed by atoms with van der Waals surface area (Å²) in [5.41, 5.74) is 1.44. The molecule has 152 valence electrons. The highest BCUT2D eigenvalue weighted by atomic mass is 16.1. The van der Waals surface area contributed by atoms with Gasteiger partial charge in [0, 0.05) is 25.3 Å². The van der Waals surface area contributed by atoms with Crippen molar-refractivity contribution in [2.45, 2.75) is 90.9 Å². The Kier molecular flexibility index (Phi) is 13.2. The average Bonchev–Trinajstić information content (AvgIpc) is 3.14. The molecule has 0 atom stereocenters.